The van der Waals surface area contributed by atoms with Crippen LogP contribution < -0.4 is 5.32 Å². The quantitative estimate of drug-likeness (QED) is 0.191. The lowest BCUT2D eigenvalue weighted by atomic mass is 9.87. The van der Waals surface area contributed by atoms with Crippen molar-refractivity contribution in [3.63, 3.8) is 0 Å². The number of nitrogens with one attached hydrogen (secondary N) is 1. The van der Waals surface area contributed by atoms with Crippen LogP contribution in [0.1, 0.15) is 54.0 Å². The molecule has 11 heteroatoms. The molecule has 1 aliphatic rings. The van der Waals surface area contributed by atoms with Gasteiger partial charge >= 0.3 is 12.1 Å². The summed E-state index contributed by atoms with van der Waals surface area (Å²) in [6, 6.07) is 22.4. The van der Waals surface area contributed by atoms with Crippen molar-refractivity contribution in [1.29, 1.82) is 0 Å². The van der Waals surface area contributed by atoms with Crippen LogP contribution >= 0.6 is 11.6 Å². The number of amides is 1. The van der Waals surface area contributed by atoms with E-state index in [2.05, 4.69) is 22.5 Å². The van der Waals surface area contributed by atoms with Gasteiger partial charge in [-0.2, -0.15) is 18.3 Å². The summed E-state index contributed by atoms with van der Waals surface area (Å²) in [4.78, 5) is 29.7. The number of hydrogen-bond acceptors (Lipinski definition) is 5. The highest BCUT2D eigenvalue weighted by molar-refractivity contribution is 6.31. The van der Waals surface area contributed by atoms with Crippen LogP contribution in [0.3, 0.4) is 0 Å². The third-order valence-corrected chi connectivity index (χ3v) is 8.49. The molecule has 3 heterocycles. The first-order valence-electron chi connectivity index (χ1n) is 15.1. The second kappa shape index (κ2) is 13.4. The maximum Gasteiger partial charge on any atom is 0.419 e. The molecule has 2 bridgehead atoms. The normalized spacial score (nSPS) is 15.2. The van der Waals surface area contributed by atoms with E-state index in [1.807, 2.05) is 42.5 Å². The Morgan fingerprint density at radius 3 is 2.60 bits per heavy atom. The number of benzene rings is 3. The zero-order valence-corrected chi connectivity index (χ0v) is 26.1. The van der Waals surface area contributed by atoms with Gasteiger partial charge in [-0.25, -0.2) is 4.68 Å². The molecule has 6 rings (SSSR count). The average molecular weight is 659 g/mol. The van der Waals surface area contributed by atoms with Crippen LogP contribution in [0, 0.1) is 0 Å². The Morgan fingerprint density at radius 1 is 1.00 bits per heavy atom. The maximum absolute atomic E-state index is 13.3. The third-order valence-electron chi connectivity index (χ3n) is 8.25. The highest BCUT2D eigenvalue weighted by Crippen LogP contribution is 2.37. The van der Waals surface area contributed by atoms with Crippen LogP contribution in [-0.2, 0) is 26.9 Å². The molecular weight excluding hydrogens is 629 g/mol. The largest absolute Gasteiger partial charge is 0.469 e. The molecule has 0 saturated heterocycles. The van der Waals surface area contributed by atoms with Crippen molar-refractivity contribution in [2.45, 2.75) is 44.2 Å². The number of carbonyl (C=O) groups is 2. The molecule has 0 radical (unpaired) electrons. The Morgan fingerprint density at radius 2 is 1.85 bits per heavy atom. The molecule has 5 aromatic rings. The van der Waals surface area contributed by atoms with Gasteiger partial charge in [-0.15, -0.1) is 0 Å². The van der Waals surface area contributed by atoms with Gasteiger partial charge in [0, 0.05) is 57.8 Å². The van der Waals surface area contributed by atoms with Crippen LogP contribution in [0.25, 0.3) is 27.9 Å². The predicted octanol–water partition coefficient (Wildman–Crippen LogP) is 8.63. The monoisotopic (exact) mass is 658 g/mol. The number of fused-ring (bicyclic) bond motifs is 4. The lowest BCUT2D eigenvalue weighted by Gasteiger charge is -2.21. The van der Waals surface area contributed by atoms with Crippen molar-refractivity contribution in [2.24, 2.45) is 0 Å². The van der Waals surface area contributed by atoms with Crippen LogP contribution in [0.2, 0.25) is 5.02 Å². The highest BCUT2D eigenvalue weighted by atomic mass is 35.5. The number of pyridine rings is 1. The van der Waals surface area contributed by atoms with Crippen molar-refractivity contribution in [3.05, 3.63) is 119 Å². The van der Waals surface area contributed by atoms with Crippen molar-refractivity contribution >= 4 is 29.2 Å². The number of methoxy groups -OCH3 is 1. The van der Waals surface area contributed by atoms with Gasteiger partial charge in [0.05, 0.1) is 31.0 Å². The van der Waals surface area contributed by atoms with Gasteiger partial charge in [0.15, 0.2) is 0 Å². The summed E-state index contributed by atoms with van der Waals surface area (Å²) in [5.41, 5.74) is 5.82. The van der Waals surface area contributed by atoms with E-state index in [-0.39, 0.29) is 24.2 Å². The summed E-state index contributed by atoms with van der Waals surface area (Å²) in [6.07, 6.45) is 1.57. The molecule has 0 fully saturated rings. The molecule has 1 aliphatic heterocycles. The molecular formula is C36H30ClF3N4O3. The fourth-order valence-electron chi connectivity index (χ4n) is 5.86. The zero-order chi connectivity index (χ0) is 33.1. The molecule has 1 amide bonds. The minimum absolute atomic E-state index is 0.0761. The number of aromatic nitrogens is 3. The van der Waals surface area contributed by atoms with E-state index in [1.165, 1.54) is 11.8 Å². The smallest absolute Gasteiger partial charge is 0.419 e. The number of ether oxygens (including phenoxy) is 1. The van der Waals surface area contributed by atoms with Crippen molar-refractivity contribution in [1.82, 2.24) is 14.8 Å². The summed E-state index contributed by atoms with van der Waals surface area (Å²) in [7, 11) is 1.34. The summed E-state index contributed by atoms with van der Waals surface area (Å²) in [6.45, 7) is 0. The summed E-state index contributed by atoms with van der Waals surface area (Å²) in [5, 5.41) is 7.41. The summed E-state index contributed by atoms with van der Waals surface area (Å²) >= 11 is 6.31. The number of hydrogen-bond donors (Lipinski definition) is 1. The van der Waals surface area contributed by atoms with Crippen molar-refractivity contribution in [3.8, 4) is 27.9 Å². The molecule has 47 heavy (non-hydrogen) atoms. The minimum Gasteiger partial charge on any atom is -0.469 e. The molecule has 1 atom stereocenters. The van der Waals surface area contributed by atoms with Gasteiger partial charge < -0.3 is 10.1 Å². The summed E-state index contributed by atoms with van der Waals surface area (Å²) < 4.78 is 45.9. The first-order valence-corrected chi connectivity index (χ1v) is 15.4. The molecule has 3 aromatic carbocycles. The van der Waals surface area contributed by atoms with Gasteiger partial charge in [-0.3, -0.25) is 14.6 Å². The number of alkyl halides is 3. The van der Waals surface area contributed by atoms with E-state index in [9.17, 15) is 22.8 Å². The topological polar surface area (TPSA) is 86.1 Å². The van der Waals surface area contributed by atoms with Gasteiger partial charge in [-0.05, 0) is 59.9 Å². The second-order valence-corrected chi connectivity index (χ2v) is 11.8. The van der Waals surface area contributed by atoms with E-state index < -0.39 is 11.7 Å². The van der Waals surface area contributed by atoms with E-state index >= 15 is 0 Å². The average Bonchev–Trinajstić information content (AvgIpc) is 3.56. The van der Waals surface area contributed by atoms with Crippen LogP contribution in [0.15, 0.2) is 91.4 Å². The lowest BCUT2D eigenvalue weighted by molar-refractivity contribution is -0.140. The maximum atomic E-state index is 13.3. The Bertz CT molecular complexity index is 1940. The van der Waals surface area contributed by atoms with E-state index in [0.717, 1.165) is 53.2 Å². The fourth-order valence-corrected chi connectivity index (χ4v) is 6.03. The van der Waals surface area contributed by atoms with E-state index in [4.69, 9.17) is 21.3 Å². The predicted molar refractivity (Wildman–Crippen MR) is 173 cm³/mol. The minimum atomic E-state index is -4.52. The standard InChI is InChI=1S/C36H30ClF3N4O3/c1-47-35(46)16-22-9-12-29-24-6-4-5-23(17-24)28(7-2-3-8-34(45)43-32(29)15-22)31-13-10-25(19-41-31)30-18-27(37)11-14-33(30)44-21-26(20-42-44)36(38,39)40/h4-6,9-15,17-21,28H,2-3,7-8,16H2,1H3,(H,43,45). The molecule has 1 N–H and O–H groups in total. The van der Waals surface area contributed by atoms with Gasteiger partial charge in [-0.1, -0.05) is 60.5 Å². The molecule has 1 unspecified atom stereocenters. The van der Waals surface area contributed by atoms with Crippen molar-refractivity contribution in [2.75, 3.05) is 12.4 Å². The molecule has 7 nitrogen and oxygen atoms in total. The van der Waals surface area contributed by atoms with Gasteiger partial charge in [0.25, 0.3) is 0 Å². The van der Waals surface area contributed by atoms with E-state index in [1.54, 1.807) is 24.4 Å². The molecule has 0 saturated carbocycles. The van der Waals surface area contributed by atoms with E-state index in [0.29, 0.717) is 40.4 Å². The number of esters is 1. The van der Waals surface area contributed by atoms with Crippen molar-refractivity contribution < 1.29 is 27.5 Å². The number of nitrogens with zero attached hydrogens (tertiary/aromatic N) is 3. The molecule has 0 aliphatic carbocycles. The fraction of sp³-hybridized carbons (Fsp3) is 0.222. The first-order chi connectivity index (χ1) is 22.6. The van der Waals surface area contributed by atoms with Crippen LogP contribution in [0.4, 0.5) is 18.9 Å². The molecule has 0 spiro atoms. The van der Waals surface area contributed by atoms with Crippen LogP contribution in [0.5, 0.6) is 0 Å². The second-order valence-electron chi connectivity index (χ2n) is 11.4. The zero-order valence-electron chi connectivity index (χ0n) is 25.4. The first kappa shape index (κ1) is 32.0. The Hall–Kier alpha value is -4.96. The Balaban J connectivity index is 1.35. The number of rotatable bonds is 5. The lowest BCUT2D eigenvalue weighted by Crippen LogP contribution is -2.14. The Labute approximate surface area is 274 Å². The molecule has 240 valence electrons. The SMILES string of the molecule is COC(=O)Cc1ccc2c(c1)NC(=O)CCCCC(c1ccc(-c3cc(Cl)ccc3-n3cc(C(F)(F)F)cn3)cn1)c1cccc-2c1. The van der Waals surface area contributed by atoms with Gasteiger partial charge in [0.1, 0.15) is 0 Å². The highest BCUT2D eigenvalue weighted by Gasteiger charge is 2.32. The number of halogens is 4. The molecule has 2 aromatic heterocycles. The summed E-state index contributed by atoms with van der Waals surface area (Å²) in [5.74, 6) is -0.543. The van der Waals surface area contributed by atoms with Crippen LogP contribution in [-0.4, -0.2) is 33.8 Å². The Kier molecular flexibility index (Phi) is 9.13. The number of carbonyl (C=O) groups excluding carboxylic acids is 2. The third kappa shape index (κ3) is 7.23. The number of anilines is 1. The van der Waals surface area contributed by atoms with Gasteiger partial charge in [0.2, 0.25) is 5.91 Å².